The highest BCUT2D eigenvalue weighted by molar-refractivity contribution is 7.89. The third-order valence-corrected chi connectivity index (χ3v) is 7.10. The van der Waals surface area contributed by atoms with Gasteiger partial charge in [-0.2, -0.15) is 0 Å². The smallest absolute Gasteiger partial charge is 0.240 e. The second kappa shape index (κ2) is 5.96. The molecule has 5 heteroatoms. The van der Waals surface area contributed by atoms with Gasteiger partial charge in [-0.25, -0.2) is 13.1 Å². The second-order valence-corrected chi connectivity index (χ2v) is 9.28. The van der Waals surface area contributed by atoms with Crippen molar-refractivity contribution < 1.29 is 8.42 Å². The van der Waals surface area contributed by atoms with Crippen LogP contribution in [0.25, 0.3) is 10.9 Å². The predicted octanol–water partition coefficient (Wildman–Crippen LogP) is 3.81. The molecule has 1 aliphatic rings. The van der Waals surface area contributed by atoms with Crippen molar-refractivity contribution in [1.29, 1.82) is 0 Å². The summed E-state index contributed by atoms with van der Waals surface area (Å²) in [5.41, 5.74) is 4.19. The molecule has 1 saturated carbocycles. The SMILES string of the molecule is Cc1ccc(S(=O)(=O)NCC2(c3cn(C)c4ccccc34)CC2)c(C)c1. The molecule has 3 aromatic rings. The molecule has 4 rings (SSSR count). The average molecular weight is 369 g/mol. The average Bonchev–Trinajstić information content (AvgIpc) is 3.31. The standard InChI is InChI=1S/C21H24N2O2S/c1-15-8-9-20(16(2)12-15)26(24,25)22-14-21(10-11-21)18-13-23(3)19-7-5-4-6-17(18)19/h4-9,12-13,22H,10-11,14H2,1-3H3. The van der Waals surface area contributed by atoms with Gasteiger partial charge >= 0.3 is 0 Å². The molecule has 0 spiro atoms. The van der Waals surface area contributed by atoms with E-state index in [9.17, 15) is 8.42 Å². The normalized spacial score (nSPS) is 16.1. The Morgan fingerprint density at radius 3 is 2.54 bits per heavy atom. The van der Waals surface area contributed by atoms with Crippen LogP contribution in [-0.2, 0) is 22.5 Å². The number of hydrogen-bond acceptors (Lipinski definition) is 2. The van der Waals surface area contributed by atoms with Crippen molar-refractivity contribution in [2.24, 2.45) is 7.05 Å². The van der Waals surface area contributed by atoms with Gasteiger partial charge in [-0.05, 0) is 49.9 Å². The van der Waals surface area contributed by atoms with Crippen LogP contribution in [0.1, 0.15) is 29.5 Å². The Morgan fingerprint density at radius 2 is 1.85 bits per heavy atom. The third-order valence-electron chi connectivity index (χ3n) is 5.54. The van der Waals surface area contributed by atoms with Crippen LogP contribution < -0.4 is 4.72 Å². The Kier molecular flexibility index (Phi) is 3.97. The van der Waals surface area contributed by atoms with Crippen molar-refractivity contribution in [2.45, 2.75) is 37.0 Å². The second-order valence-electron chi connectivity index (χ2n) is 7.54. The van der Waals surface area contributed by atoms with Crippen molar-refractivity contribution in [1.82, 2.24) is 9.29 Å². The summed E-state index contributed by atoms with van der Waals surface area (Å²) < 4.78 is 30.6. The highest BCUT2D eigenvalue weighted by atomic mass is 32.2. The maximum atomic E-state index is 12.8. The number of benzene rings is 2. The number of sulfonamides is 1. The van der Waals surface area contributed by atoms with E-state index in [1.54, 1.807) is 6.07 Å². The first-order valence-corrected chi connectivity index (χ1v) is 10.4. The van der Waals surface area contributed by atoms with E-state index in [1.165, 1.54) is 16.5 Å². The van der Waals surface area contributed by atoms with Gasteiger partial charge in [-0.3, -0.25) is 0 Å². The summed E-state index contributed by atoms with van der Waals surface area (Å²) in [6.45, 7) is 4.26. The molecule has 0 bridgehead atoms. The molecule has 1 aromatic heterocycles. The zero-order valence-electron chi connectivity index (χ0n) is 15.4. The number of nitrogens with zero attached hydrogens (tertiary/aromatic N) is 1. The van der Waals surface area contributed by atoms with Gasteiger partial charge in [0.15, 0.2) is 0 Å². The Hall–Kier alpha value is -2.11. The third kappa shape index (κ3) is 2.85. The molecule has 136 valence electrons. The van der Waals surface area contributed by atoms with E-state index in [0.717, 1.165) is 24.0 Å². The van der Waals surface area contributed by atoms with Gasteiger partial charge in [0.2, 0.25) is 10.0 Å². The van der Waals surface area contributed by atoms with Gasteiger partial charge < -0.3 is 4.57 Å². The zero-order valence-corrected chi connectivity index (χ0v) is 16.2. The Labute approximate surface area is 154 Å². The Morgan fingerprint density at radius 1 is 1.12 bits per heavy atom. The monoisotopic (exact) mass is 368 g/mol. The topological polar surface area (TPSA) is 51.1 Å². The van der Waals surface area contributed by atoms with Crippen molar-refractivity contribution in [2.75, 3.05) is 6.54 Å². The van der Waals surface area contributed by atoms with Gasteiger partial charge in [0.05, 0.1) is 4.90 Å². The quantitative estimate of drug-likeness (QED) is 0.745. The molecule has 1 fully saturated rings. The van der Waals surface area contributed by atoms with Crippen LogP contribution in [0.3, 0.4) is 0 Å². The lowest BCUT2D eigenvalue weighted by Crippen LogP contribution is -2.32. The molecule has 1 aliphatic carbocycles. The van der Waals surface area contributed by atoms with E-state index < -0.39 is 10.0 Å². The molecule has 4 nitrogen and oxygen atoms in total. The van der Waals surface area contributed by atoms with E-state index in [2.05, 4.69) is 27.6 Å². The summed E-state index contributed by atoms with van der Waals surface area (Å²) in [6.07, 6.45) is 4.18. The van der Waals surface area contributed by atoms with Crippen molar-refractivity contribution in [3.8, 4) is 0 Å². The van der Waals surface area contributed by atoms with Crippen molar-refractivity contribution in [3.05, 3.63) is 65.4 Å². The molecule has 0 radical (unpaired) electrons. The minimum absolute atomic E-state index is 0.0907. The van der Waals surface area contributed by atoms with Crippen LogP contribution in [0.5, 0.6) is 0 Å². The first-order chi connectivity index (χ1) is 12.3. The minimum Gasteiger partial charge on any atom is -0.350 e. The Balaban J connectivity index is 1.63. The fourth-order valence-corrected chi connectivity index (χ4v) is 5.22. The molecule has 26 heavy (non-hydrogen) atoms. The molecular formula is C21H24N2O2S. The maximum Gasteiger partial charge on any atom is 0.240 e. The van der Waals surface area contributed by atoms with Crippen LogP contribution in [0.15, 0.2) is 53.6 Å². The largest absolute Gasteiger partial charge is 0.350 e. The van der Waals surface area contributed by atoms with E-state index in [4.69, 9.17) is 0 Å². The van der Waals surface area contributed by atoms with E-state index in [-0.39, 0.29) is 5.41 Å². The molecule has 0 saturated heterocycles. The first-order valence-electron chi connectivity index (χ1n) is 8.94. The number of para-hydroxylation sites is 1. The molecule has 2 aromatic carbocycles. The minimum atomic E-state index is -3.51. The van der Waals surface area contributed by atoms with E-state index in [0.29, 0.717) is 11.4 Å². The van der Waals surface area contributed by atoms with Crippen LogP contribution in [0.2, 0.25) is 0 Å². The van der Waals surface area contributed by atoms with E-state index >= 15 is 0 Å². The predicted molar refractivity (Wildman–Crippen MR) is 105 cm³/mol. The number of fused-ring (bicyclic) bond motifs is 1. The van der Waals surface area contributed by atoms with Crippen molar-refractivity contribution >= 4 is 20.9 Å². The van der Waals surface area contributed by atoms with Crippen molar-refractivity contribution in [3.63, 3.8) is 0 Å². The summed E-state index contributed by atoms with van der Waals surface area (Å²) in [5.74, 6) is 0. The van der Waals surface area contributed by atoms with Crippen LogP contribution in [-0.4, -0.2) is 19.5 Å². The van der Waals surface area contributed by atoms with Gasteiger partial charge in [-0.1, -0.05) is 35.9 Å². The summed E-state index contributed by atoms with van der Waals surface area (Å²) in [4.78, 5) is 0.372. The fourth-order valence-electron chi connectivity index (χ4n) is 3.87. The maximum absolute atomic E-state index is 12.8. The van der Waals surface area contributed by atoms with Gasteiger partial charge in [-0.15, -0.1) is 0 Å². The highest BCUT2D eigenvalue weighted by Gasteiger charge is 2.46. The van der Waals surface area contributed by atoms with E-state index in [1.807, 2.05) is 45.2 Å². The summed E-state index contributed by atoms with van der Waals surface area (Å²) in [6, 6.07) is 13.8. The molecule has 1 heterocycles. The summed E-state index contributed by atoms with van der Waals surface area (Å²) in [5, 5.41) is 1.22. The van der Waals surface area contributed by atoms with Crippen LogP contribution in [0, 0.1) is 13.8 Å². The molecule has 0 aliphatic heterocycles. The lowest BCUT2D eigenvalue weighted by molar-refractivity contribution is 0.567. The molecule has 0 unspecified atom stereocenters. The number of rotatable bonds is 5. The number of hydrogen-bond donors (Lipinski definition) is 1. The molecule has 0 amide bonds. The van der Waals surface area contributed by atoms with Gasteiger partial charge in [0, 0.05) is 36.1 Å². The lowest BCUT2D eigenvalue weighted by Gasteiger charge is -2.17. The molecule has 0 atom stereocenters. The first kappa shape index (κ1) is 17.3. The van der Waals surface area contributed by atoms with Gasteiger partial charge in [0.25, 0.3) is 0 Å². The number of aryl methyl sites for hydroxylation is 3. The zero-order chi connectivity index (χ0) is 18.5. The summed E-state index contributed by atoms with van der Waals surface area (Å²) in [7, 11) is -1.47. The number of nitrogens with one attached hydrogen (secondary N) is 1. The lowest BCUT2D eigenvalue weighted by atomic mass is 9.96. The highest BCUT2D eigenvalue weighted by Crippen LogP contribution is 2.50. The van der Waals surface area contributed by atoms with Crippen LogP contribution in [0.4, 0.5) is 0 Å². The number of aromatic nitrogens is 1. The fraction of sp³-hybridized carbons (Fsp3) is 0.333. The Bertz CT molecular complexity index is 1090. The molecular weight excluding hydrogens is 344 g/mol. The summed E-state index contributed by atoms with van der Waals surface area (Å²) >= 11 is 0. The van der Waals surface area contributed by atoms with Crippen LogP contribution >= 0.6 is 0 Å². The molecule has 1 N–H and O–H groups in total. The van der Waals surface area contributed by atoms with Gasteiger partial charge in [0.1, 0.15) is 0 Å².